The van der Waals surface area contributed by atoms with Crippen molar-refractivity contribution < 1.29 is 18.0 Å². The maximum Gasteiger partial charge on any atom is 0.433 e. The third-order valence-corrected chi connectivity index (χ3v) is 1.44. The van der Waals surface area contributed by atoms with Crippen LogP contribution in [0.4, 0.5) is 13.2 Å². The monoisotopic (exact) mass is 192 g/mol. The minimum atomic E-state index is -4.45. The van der Waals surface area contributed by atoms with Crippen molar-refractivity contribution in [1.82, 2.24) is 9.78 Å². The smallest absolute Gasteiger partial charge is 0.301 e. The van der Waals surface area contributed by atoms with Gasteiger partial charge in [0.15, 0.2) is 0 Å². The molecule has 13 heavy (non-hydrogen) atoms. The molecular weight excluding hydrogens is 185 g/mol. The first-order valence-corrected chi connectivity index (χ1v) is 3.50. The van der Waals surface area contributed by atoms with Gasteiger partial charge in [-0.3, -0.25) is 4.68 Å². The van der Waals surface area contributed by atoms with Crippen LogP contribution >= 0.6 is 0 Å². The normalized spacial score (nSPS) is 11.7. The van der Waals surface area contributed by atoms with Crippen LogP contribution in [-0.2, 0) is 17.5 Å². The molecule has 0 amide bonds. The summed E-state index contributed by atoms with van der Waals surface area (Å²) in [5.41, 5.74) is -0.647. The van der Waals surface area contributed by atoms with Gasteiger partial charge in [-0.05, 0) is 13.0 Å². The van der Waals surface area contributed by atoms with Gasteiger partial charge in [0.25, 0.3) is 0 Å². The van der Waals surface area contributed by atoms with Crippen molar-refractivity contribution in [3.63, 3.8) is 0 Å². The molecule has 0 aliphatic rings. The Hall–Kier alpha value is -1.33. The SMILES string of the molecule is Cc1cc(C(F)(F)F)n(CC=O)n1. The molecule has 1 heterocycles. The number of aryl methyl sites for hydroxylation is 1. The highest BCUT2D eigenvalue weighted by atomic mass is 19.4. The highest BCUT2D eigenvalue weighted by molar-refractivity contribution is 5.49. The van der Waals surface area contributed by atoms with Crippen molar-refractivity contribution in [3.8, 4) is 0 Å². The molecule has 0 aliphatic carbocycles. The molecule has 0 atom stereocenters. The van der Waals surface area contributed by atoms with Crippen molar-refractivity contribution >= 4 is 6.29 Å². The van der Waals surface area contributed by atoms with Gasteiger partial charge >= 0.3 is 6.18 Å². The number of carbonyl (C=O) groups excluding carboxylic acids is 1. The van der Waals surface area contributed by atoms with E-state index in [9.17, 15) is 18.0 Å². The Morgan fingerprint density at radius 3 is 2.69 bits per heavy atom. The molecule has 1 aromatic heterocycles. The number of aromatic nitrogens is 2. The van der Waals surface area contributed by atoms with Gasteiger partial charge in [-0.1, -0.05) is 0 Å². The van der Waals surface area contributed by atoms with Crippen LogP contribution in [0.5, 0.6) is 0 Å². The van der Waals surface area contributed by atoms with Crippen LogP contribution < -0.4 is 0 Å². The summed E-state index contributed by atoms with van der Waals surface area (Å²) in [6.45, 7) is 1.07. The number of rotatable bonds is 2. The average molecular weight is 192 g/mol. The zero-order chi connectivity index (χ0) is 10.1. The van der Waals surface area contributed by atoms with E-state index in [2.05, 4.69) is 5.10 Å². The van der Waals surface area contributed by atoms with Crippen LogP contribution in [0.15, 0.2) is 6.07 Å². The topological polar surface area (TPSA) is 34.9 Å². The Kier molecular flexibility index (Phi) is 2.40. The standard InChI is InChI=1S/C7H7F3N2O/c1-5-4-6(7(8,9)10)12(11-5)2-3-13/h3-4H,2H2,1H3. The second-order valence-electron chi connectivity index (χ2n) is 2.52. The summed E-state index contributed by atoms with van der Waals surface area (Å²) in [5, 5.41) is 3.53. The molecule has 0 aromatic carbocycles. The first kappa shape index (κ1) is 9.76. The van der Waals surface area contributed by atoms with Crippen molar-refractivity contribution in [2.75, 3.05) is 0 Å². The van der Waals surface area contributed by atoms with Crippen LogP contribution in [0.25, 0.3) is 0 Å². The van der Waals surface area contributed by atoms with E-state index in [1.807, 2.05) is 0 Å². The number of aldehydes is 1. The van der Waals surface area contributed by atoms with E-state index in [4.69, 9.17) is 0 Å². The minimum absolute atomic E-state index is 0.245. The van der Waals surface area contributed by atoms with Gasteiger partial charge in [0.2, 0.25) is 0 Å². The minimum Gasteiger partial charge on any atom is -0.301 e. The lowest BCUT2D eigenvalue weighted by Gasteiger charge is -2.06. The van der Waals surface area contributed by atoms with Crippen molar-refractivity contribution in [3.05, 3.63) is 17.5 Å². The predicted molar refractivity (Wildman–Crippen MR) is 38.0 cm³/mol. The number of hydrogen-bond acceptors (Lipinski definition) is 2. The third kappa shape index (κ3) is 2.07. The zero-order valence-electron chi connectivity index (χ0n) is 6.80. The maximum absolute atomic E-state index is 12.2. The van der Waals surface area contributed by atoms with Crippen LogP contribution in [0.3, 0.4) is 0 Å². The van der Waals surface area contributed by atoms with Gasteiger partial charge < -0.3 is 4.79 Å². The summed E-state index contributed by atoms with van der Waals surface area (Å²) >= 11 is 0. The second kappa shape index (κ2) is 3.20. The first-order valence-electron chi connectivity index (χ1n) is 3.50. The average Bonchev–Trinajstić information content (AvgIpc) is 2.30. The fourth-order valence-electron chi connectivity index (χ4n) is 0.983. The Bertz CT molecular complexity index is 316. The molecule has 6 heteroatoms. The van der Waals surface area contributed by atoms with E-state index in [-0.39, 0.29) is 12.2 Å². The summed E-state index contributed by atoms with van der Waals surface area (Å²) in [6.07, 6.45) is -4.08. The number of halogens is 3. The van der Waals surface area contributed by atoms with E-state index >= 15 is 0 Å². The van der Waals surface area contributed by atoms with Gasteiger partial charge in [-0.25, -0.2) is 0 Å². The summed E-state index contributed by atoms with van der Waals surface area (Å²) in [6, 6.07) is 0.906. The van der Waals surface area contributed by atoms with Gasteiger partial charge in [-0.2, -0.15) is 18.3 Å². The maximum atomic E-state index is 12.2. The molecule has 0 unspecified atom stereocenters. The lowest BCUT2D eigenvalue weighted by molar-refractivity contribution is -0.144. The van der Waals surface area contributed by atoms with E-state index < -0.39 is 11.9 Å². The van der Waals surface area contributed by atoms with E-state index in [0.29, 0.717) is 11.0 Å². The molecule has 0 saturated heterocycles. The molecule has 0 bridgehead atoms. The molecule has 1 aromatic rings. The zero-order valence-corrected chi connectivity index (χ0v) is 6.80. The number of alkyl halides is 3. The third-order valence-electron chi connectivity index (χ3n) is 1.44. The Morgan fingerprint density at radius 2 is 2.23 bits per heavy atom. The van der Waals surface area contributed by atoms with Gasteiger partial charge in [0.1, 0.15) is 12.0 Å². The molecule has 0 N–H and O–H groups in total. The van der Waals surface area contributed by atoms with Gasteiger partial charge in [0, 0.05) is 0 Å². The molecule has 0 aliphatic heterocycles. The number of carbonyl (C=O) groups is 1. The quantitative estimate of drug-likeness (QED) is 0.664. The molecule has 0 fully saturated rings. The molecule has 3 nitrogen and oxygen atoms in total. The fraction of sp³-hybridized carbons (Fsp3) is 0.429. The van der Waals surface area contributed by atoms with Crippen molar-refractivity contribution in [2.45, 2.75) is 19.6 Å². The van der Waals surface area contributed by atoms with Crippen molar-refractivity contribution in [2.24, 2.45) is 0 Å². The summed E-state index contributed by atoms with van der Waals surface area (Å²) in [4.78, 5) is 10.0. The van der Waals surface area contributed by atoms with E-state index in [1.54, 1.807) is 0 Å². The van der Waals surface area contributed by atoms with Crippen LogP contribution in [0.1, 0.15) is 11.4 Å². The number of nitrogens with zero attached hydrogens (tertiary/aromatic N) is 2. The first-order chi connectivity index (χ1) is 5.95. The van der Waals surface area contributed by atoms with E-state index in [0.717, 1.165) is 6.07 Å². The molecule has 0 spiro atoms. The predicted octanol–water partition coefficient (Wildman–Crippen LogP) is 1.41. The molecular formula is C7H7F3N2O. The highest BCUT2D eigenvalue weighted by Crippen LogP contribution is 2.29. The Labute approximate surface area is 72.2 Å². The lowest BCUT2D eigenvalue weighted by atomic mass is 10.3. The lowest BCUT2D eigenvalue weighted by Crippen LogP contribution is -2.15. The largest absolute Gasteiger partial charge is 0.433 e. The Balaban J connectivity index is 3.11. The molecule has 72 valence electrons. The molecule has 0 radical (unpaired) electrons. The van der Waals surface area contributed by atoms with Crippen LogP contribution in [-0.4, -0.2) is 16.1 Å². The van der Waals surface area contributed by atoms with E-state index in [1.165, 1.54) is 6.92 Å². The van der Waals surface area contributed by atoms with Crippen LogP contribution in [0.2, 0.25) is 0 Å². The fourth-order valence-corrected chi connectivity index (χ4v) is 0.983. The highest BCUT2D eigenvalue weighted by Gasteiger charge is 2.35. The molecule has 1 rings (SSSR count). The second-order valence-corrected chi connectivity index (χ2v) is 2.52. The Morgan fingerprint density at radius 1 is 1.62 bits per heavy atom. The molecule has 0 saturated carbocycles. The van der Waals surface area contributed by atoms with Gasteiger partial charge in [-0.15, -0.1) is 0 Å². The van der Waals surface area contributed by atoms with Crippen molar-refractivity contribution in [1.29, 1.82) is 0 Å². The number of hydrogen-bond donors (Lipinski definition) is 0. The summed E-state index contributed by atoms with van der Waals surface area (Å²) in [5.74, 6) is 0. The van der Waals surface area contributed by atoms with Crippen LogP contribution in [0, 0.1) is 6.92 Å². The summed E-state index contributed by atoms with van der Waals surface area (Å²) in [7, 11) is 0. The van der Waals surface area contributed by atoms with Gasteiger partial charge in [0.05, 0.1) is 12.2 Å². The summed E-state index contributed by atoms with van der Waals surface area (Å²) < 4.78 is 37.3.